The Kier molecular flexibility index (Phi) is 4.15. The highest BCUT2D eigenvalue weighted by atomic mass is 16.1. The Bertz CT molecular complexity index is 638. The van der Waals surface area contributed by atoms with Crippen molar-refractivity contribution in [2.45, 2.75) is 25.7 Å². The number of anilines is 2. The van der Waals surface area contributed by atoms with E-state index in [9.17, 15) is 4.79 Å². The molecule has 2 aliphatic rings. The number of hydrogen-bond acceptors (Lipinski definition) is 5. The van der Waals surface area contributed by atoms with Crippen LogP contribution < -0.4 is 9.80 Å². The van der Waals surface area contributed by atoms with Crippen LogP contribution in [0.3, 0.4) is 0 Å². The largest absolute Gasteiger partial charge is 0.370 e. The summed E-state index contributed by atoms with van der Waals surface area (Å²) in [4.78, 5) is 25.9. The molecule has 0 aliphatic carbocycles. The van der Waals surface area contributed by atoms with E-state index < -0.39 is 0 Å². The molecule has 0 aromatic carbocycles. The van der Waals surface area contributed by atoms with Gasteiger partial charge in [-0.25, -0.2) is 0 Å². The molecule has 4 heterocycles. The highest BCUT2D eigenvalue weighted by Crippen LogP contribution is 2.21. The van der Waals surface area contributed by atoms with Gasteiger partial charge in [-0.15, -0.1) is 0 Å². The fraction of sp³-hybridized carbons (Fsp3) is 0.421. The molecular formula is C19H22N4O. The Morgan fingerprint density at radius 3 is 1.46 bits per heavy atom. The van der Waals surface area contributed by atoms with Crippen LogP contribution in [0.5, 0.6) is 0 Å². The van der Waals surface area contributed by atoms with Gasteiger partial charge in [-0.05, 0) is 49.9 Å². The van der Waals surface area contributed by atoms with Crippen molar-refractivity contribution >= 4 is 17.2 Å². The summed E-state index contributed by atoms with van der Waals surface area (Å²) in [5, 5.41) is 0. The Labute approximate surface area is 142 Å². The van der Waals surface area contributed by atoms with E-state index in [2.05, 4.69) is 19.8 Å². The third kappa shape index (κ3) is 2.98. The second kappa shape index (κ2) is 6.59. The lowest BCUT2D eigenvalue weighted by Gasteiger charge is -2.17. The number of aromatic nitrogens is 2. The minimum absolute atomic E-state index is 0.115. The number of rotatable bonds is 4. The molecule has 5 heteroatoms. The third-order valence-electron chi connectivity index (χ3n) is 4.90. The van der Waals surface area contributed by atoms with Crippen molar-refractivity contribution < 1.29 is 4.79 Å². The smallest absolute Gasteiger partial charge is 0.229 e. The van der Waals surface area contributed by atoms with E-state index >= 15 is 0 Å². The molecule has 0 amide bonds. The molecule has 0 bridgehead atoms. The van der Waals surface area contributed by atoms with Gasteiger partial charge in [0.25, 0.3) is 0 Å². The van der Waals surface area contributed by atoms with Gasteiger partial charge in [-0.3, -0.25) is 14.8 Å². The lowest BCUT2D eigenvalue weighted by atomic mass is 10.1. The summed E-state index contributed by atoms with van der Waals surface area (Å²) in [6, 6.07) is 7.60. The first-order valence-electron chi connectivity index (χ1n) is 8.78. The van der Waals surface area contributed by atoms with Crippen molar-refractivity contribution in [2.75, 3.05) is 36.0 Å². The van der Waals surface area contributed by atoms with Crippen LogP contribution in [0.25, 0.3) is 0 Å². The lowest BCUT2D eigenvalue weighted by molar-refractivity contribution is 0.103. The van der Waals surface area contributed by atoms with Crippen molar-refractivity contribution in [3.05, 3.63) is 48.0 Å². The Balaban J connectivity index is 1.48. The Morgan fingerprint density at radius 1 is 0.708 bits per heavy atom. The van der Waals surface area contributed by atoms with Crippen LogP contribution in [0.4, 0.5) is 11.4 Å². The predicted molar refractivity (Wildman–Crippen MR) is 94.8 cm³/mol. The maximum Gasteiger partial charge on any atom is 0.229 e. The SMILES string of the molecule is O=C(c1ccc(N2CCCC2)cn1)c1ccc(N2CCCC2)cn1. The van der Waals surface area contributed by atoms with Crippen molar-refractivity contribution in [3.8, 4) is 0 Å². The van der Waals surface area contributed by atoms with E-state index in [1.807, 2.05) is 24.3 Å². The van der Waals surface area contributed by atoms with Crippen LogP contribution in [0.15, 0.2) is 36.7 Å². The molecule has 2 saturated heterocycles. The van der Waals surface area contributed by atoms with Gasteiger partial charge in [0.15, 0.2) is 0 Å². The van der Waals surface area contributed by atoms with E-state index in [4.69, 9.17) is 0 Å². The van der Waals surface area contributed by atoms with E-state index in [0.717, 1.165) is 37.6 Å². The minimum Gasteiger partial charge on any atom is -0.370 e. The summed E-state index contributed by atoms with van der Waals surface area (Å²) < 4.78 is 0. The summed E-state index contributed by atoms with van der Waals surface area (Å²) in [7, 11) is 0. The molecule has 0 N–H and O–H groups in total. The molecular weight excluding hydrogens is 300 g/mol. The average molecular weight is 322 g/mol. The van der Waals surface area contributed by atoms with Crippen molar-refractivity contribution in [1.82, 2.24) is 9.97 Å². The van der Waals surface area contributed by atoms with Gasteiger partial charge in [-0.1, -0.05) is 0 Å². The van der Waals surface area contributed by atoms with Gasteiger partial charge in [0.2, 0.25) is 5.78 Å². The molecule has 0 radical (unpaired) electrons. The van der Waals surface area contributed by atoms with E-state index in [0.29, 0.717) is 11.4 Å². The first-order chi connectivity index (χ1) is 11.8. The quantitative estimate of drug-likeness (QED) is 0.810. The average Bonchev–Trinajstić information content (AvgIpc) is 3.35. The molecule has 0 spiro atoms. The monoisotopic (exact) mass is 322 g/mol. The summed E-state index contributed by atoms with van der Waals surface area (Å²) >= 11 is 0. The zero-order valence-corrected chi connectivity index (χ0v) is 13.8. The van der Waals surface area contributed by atoms with Crippen LogP contribution in [0.2, 0.25) is 0 Å². The fourth-order valence-electron chi connectivity index (χ4n) is 3.50. The maximum atomic E-state index is 12.6. The second-order valence-electron chi connectivity index (χ2n) is 6.52. The summed E-state index contributed by atoms with van der Waals surface area (Å²) in [6.07, 6.45) is 8.53. The molecule has 4 rings (SSSR count). The first kappa shape index (κ1) is 15.1. The lowest BCUT2D eigenvalue weighted by Crippen LogP contribution is -2.18. The second-order valence-corrected chi connectivity index (χ2v) is 6.52. The first-order valence-corrected chi connectivity index (χ1v) is 8.78. The summed E-state index contributed by atoms with van der Waals surface area (Å²) in [6.45, 7) is 4.31. The Hall–Kier alpha value is -2.43. The molecule has 0 unspecified atom stereocenters. The topological polar surface area (TPSA) is 49.3 Å². The van der Waals surface area contributed by atoms with Crippen LogP contribution in [0.1, 0.15) is 41.9 Å². The van der Waals surface area contributed by atoms with E-state index in [1.54, 1.807) is 12.4 Å². The van der Waals surface area contributed by atoms with Gasteiger partial charge in [0.05, 0.1) is 23.8 Å². The summed E-state index contributed by atoms with van der Waals surface area (Å²) in [5.41, 5.74) is 3.11. The molecule has 24 heavy (non-hydrogen) atoms. The molecule has 0 saturated carbocycles. The van der Waals surface area contributed by atoms with Crippen LogP contribution in [0, 0.1) is 0 Å². The Morgan fingerprint density at radius 2 is 1.12 bits per heavy atom. The van der Waals surface area contributed by atoms with Gasteiger partial charge in [0, 0.05) is 26.2 Å². The third-order valence-corrected chi connectivity index (χ3v) is 4.90. The van der Waals surface area contributed by atoms with Crippen LogP contribution in [-0.4, -0.2) is 41.9 Å². The molecule has 0 atom stereocenters. The van der Waals surface area contributed by atoms with E-state index in [-0.39, 0.29) is 5.78 Å². The number of carbonyl (C=O) groups is 1. The van der Waals surface area contributed by atoms with Crippen LogP contribution in [-0.2, 0) is 0 Å². The highest BCUT2D eigenvalue weighted by Gasteiger charge is 2.17. The maximum absolute atomic E-state index is 12.6. The standard InChI is InChI=1S/C19H22N4O/c24-19(17-7-5-15(13-20-17)22-9-1-2-10-22)18-8-6-16(14-21-18)23-11-3-4-12-23/h5-8,13-14H,1-4,9-12H2. The highest BCUT2D eigenvalue weighted by molar-refractivity contribution is 6.06. The summed E-state index contributed by atoms with van der Waals surface area (Å²) in [5.74, 6) is -0.115. The van der Waals surface area contributed by atoms with Gasteiger partial charge >= 0.3 is 0 Å². The number of hydrogen-bond donors (Lipinski definition) is 0. The molecule has 124 valence electrons. The van der Waals surface area contributed by atoms with Crippen molar-refractivity contribution in [3.63, 3.8) is 0 Å². The number of pyridine rings is 2. The predicted octanol–water partition coefficient (Wildman–Crippen LogP) is 2.91. The number of carbonyl (C=O) groups excluding carboxylic acids is 1. The van der Waals surface area contributed by atoms with Gasteiger partial charge in [-0.2, -0.15) is 0 Å². The van der Waals surface area contributed by atoms with E-state index in [1.165, 1.54) is 25.7 Å². The van der Waals surface area contributed by atoms with Crippen molar-refractivity contribution in [1.29, 1.82) is 0 Å². The molecule has 2 aromatic heterocycles. The molecule has 2 fully saturated rings. The molecule has 5 nitrogen and oxygen atoms in total. The molecule has 2 aliphatic heterocycles. The zero-order valence-electron chi connectivity index (χ0n) is 13.8. The van der Waals surface area contributed by atoms with Gasteiger partial charge in [0.1, 0.15) is 11.4 Å². The van der Waals surface area contributed by atoms with Crippen LogP contribution >= 0.6 is 0 Å². The number of ketones is 1. The normalized spacial score (nSPS) is 17.5. The zero-order chi connectivity index (χ0) is 16.4. The fourth-order valence-corrected chi connectivity index (χ4v) is 3.50. The van der Waals surface area contributed by atoms with Gasteiger partial charge < -0.3 is 9.80 Å². The van der Waals surface area contributed by atoms with Crippen molar-refractivity contribution in [2.24, 2.45) is 0 Å². The minimum atomic E-state index is -0.115. The number of nitrogens with zero attached hydrogens (tertiary/aromatic N) is 4. The molecule has 2 aromatic rings.